The van der Waals surface area contributed by atoms with Crippen molar-refractivity contribution in [2.75, 3.05) is 0 Å². The van der Waals surface area contributed by atoms with E-state index in [9.17, 15) is 0 Å². The third-order valence-electron chi connectivity index (χ3n) is 26.0. The molecule has 0 aromatic rings. The first-order valence-electron chi connectivity index (χ1n) is 16.0. The summed E-state index contributed by atoms with van der Waals surface area (Å²) in [5.41, 5.74) is 12.4. The predicted molar refractivity (Wildman–Crippen MR) is 112 cm³/mol. The minimum atomic E-state index is 0.624. The SMILES string of the molecule is SC12C3CC4C5CC6C7C8C9C%10C%11CC%12C%13CC%14C%15C%16C1C1%17C%16%18C%15%16C%13%14C%12%11C%10%16C9%18C81C71C56C43C21%17. The van der Waals surface area contributed by atoms with E-state index in [1.807, 2.05) is 0 Å². The van der Waals surface area contributed by atoms with Crippen LogP contribution < -0.4 is 0 Å². The quantitative estimate of drug-likeness (QED) is 0.547. The highest BCUT2D eigenvalue weighted by atomic mass is 32.1. The Morgan fingerprint density at radius 2 is 0.939 bits per heavy atom. The van der Waals surface area contributed by atoms with Crippen LogP contribution >= 0.6 is 12.6 Å². The van der Waals surface area contributed by atoms with Gasteiger partial charge in [0, 0.05) is 10.2 Å². The van der Waals surface area contributed by atoms with Crippen molar-refractivity contribution >= 4 is 12.6 Å². The standard InChI is InChI=1S/C32H24S/c33-24-12-4-8-7-3-10-14-17-16-13-9-1-5-6-2-11-15-18-19(24)31-29(17,27(14)22(7,10)23(8,12)32(24,27)31)28(16)25(13)20(5,9)21(6,11)26(15,25)30(18,28)31/h5-19,33H,1-4H2. The topological polar surface area (TPSA) is 0 Å². The number of fused-ring (bicyclic) bond motifs is 12. The van der Waals surface area contributed by atoms with Gasteiger partial charge < -0.3 is 0 Å². The first-order chi connectivity index (χ1) is 16.3. The third-order valence-corrected chi connectivity index (χ3v) is 26.9. The molecule has 21 saturated carbocycles. The first kappa shape index (κ1) is 12.3. The Kier molecular flexibility index (Phi) is 0.728. The second-order valence-corrected chi connectivity index (χ2v) is 20.8. The molecule has 0 bridgehead atoms. The van der Waals surface area contributed by atoms with Gasteiger partial charge in [-0.25, -0.2) is 0 Å². The normalized spacial score (nSPS) is 128. The summed E-state index contributed by atoms with van der Waals surface area (Å²) in [6, 6.07) is 0. The van der Waals surface area contributed by atoms with Crippen molar-refractivity contribution in [2.24, 2.45) is 154 Å². The Labute approximate surface area is 196 Å². The second kappa shape index (κ2) is 1.96. The van der Waals surface area contributed by atoms with E-state index in [1.54, 1.807) is 25.7 Å². The van der Waals surface area contributed by atoms with E-state index in [4.69, 9.17) is 12.6 Å². The fraction of sp³-hybridized carbons (Fsp3) is 1.00. The highest BCUT2D eigenvalue weighted by molar-refractivity contribution is 7.82. The minimum Gasteiger partial charge on any atom is -0.171 e. The molecule has 12 spiro atoms. The molecule has 0 aliphatic heterocycles. The molecule has 0 nitrogen and oxygen atoms in total. The first-order valence-corrected chi connectivity index (χ1v) is 16.4. The molecular formula is C32H24S. The van der Waals surface area contributed by atoms with Gasteiger partial charge in [-0.3, -0.25) is 0 Å². The molecule has 21 aliphatic rings. The van der Waals surface area contributed by atoms with Crippen LogP contribution in [-0.4, -0.2) is 4.75 Å². The van der Waals surface area contributed by atoms with E-state index in [0.29, 0.717) is 4.75 Å². The molecule has 0 amide bonds. The molecule has 0 N–H and O–H groups in total. The number of rotatable bonds is 0. The van der Waals surface area contributed by atoms with Crippen molar-refractivity contribution in [3.8, 4) is 0 Å². The largest absolute Gasteiger partial charge is 0.171 e. The zero-order chi connectivity index (χ0) is 19.0. The zero-order valence-electron chi connectivity index (χ0n) is 18.4. The number of hydrogen-bond acceptors (Lipinski definition) is 1. The maximum atomic E-state index is 6.08. The monoisotopic (exact) mass is 440 g/mol. The minimum absolute atomic E-state index is 0.624. The lowest BCUT2D eigenvalue weighted by molar-refractivity contribution is -1.06. The lowest BCUT2D eigenvalue weighted by Gasteiger charge is -3.51. The summed E-state index contributed by atoms with van der Waals surface area (Å²) >= 11 is 6.08. The summed E-state index contributed by atoms with van der Waals surface area (Å²) in [5, 5.41) is 0. The highest BCUT2D eigenvalue weighted by Gasteiger charge is 3.52. The van der Waals surface area contributed by atoms with Crippen LogP contribution in [0.25, 0.3) is 0 Å². The summed E-state index contributed by atoms with van der Waals surface area (Å²) in [6.07, 6.45) is 6.96. The van der Waals surface area contributed by atoms with Gasteiger partial charge in [0.05, 0.1) is 0 Å². The van der Waals surface area contributed by atoms with Crippen LogP contribution in [0.15, 0.2) is 0 Å². The van der Waals surface area contributed by atoms with Gasteiger partial charge >= 0.3 is 0 Å². The molecule has 0 aromatic heterocycles. The van der Waals surface area contributed by atoms with Crippen LogP contribution in [0.5, 0.6) is 0 Å². The van der Waals surface area contributed by atoms with E-state index in [2.05, 4.69) is 0 Å². The Morgan fingerprint density at radius 1 is 0.424 bits per heavy atom. The molecule has 0 heterocycles. The maximum Gasteiger partial charge on any atom is 0.0274 e. The third kappa shape index (κ3) is 0.307. The summed E-state index contributed by atoms with van der Waals surface area (Å²) < 4.78 is 0.624. The van der Waals surface area contributed by atoms with Crippen LogP contribution in [0.1, 0.15) is 25.7 Å². The molecule has 21 aliphatic carbocycles. The molecule has 0 saturated heterocycles. The van der Waals surface area contributed by atoms with Crippen LogP contribution in [0, 0.1) is 154 Å². The molecule has 21 fully saturated rings. The molecule has 28 unspecified atom stereocenters. The summed E-state index contributed by atoms with van der Waals surface area (Å²) in [6.45, 7) is 0. The van der Waals surface area contributed by atoms with Crippen molar-refractivity contribution in [1.82, 2.24) is 0 Å². The number of thiol groups is 1. The Bertz CT molecular complexity index is 1770. The predicted octanol–water partition coefficient (Wildman–Crippen LogP) is 3.58. The van der Waals surface area contributed by atoms with E-state index < -0.39 is 0 Å². The smallest absolute Gasteiger partial charge is 0.0274 e. The molecular weight excluding hydrogens is 416 g/mol. The van der Waals surface area contributed by atoms with Gasteiger partial charge in [-0.2, -0.15) is 12.6 Å². The van der Waals surface area contributed by atoms with Gasteiger partial charge in [-0.1, -0.05) is 0 Å². The van der Waals surface area contributed by atoms with Crippen LogP contribution in [0.2, 0.25) is 0 Å². The lowest BCUT2D eigenvalue weighted by atomic mass is 8.52. The van der Waals surface area contributed by atoms with Crippen LogP contribution in [0.4, 0.5) is 0 Å². The second-order valence-electron chi connectivity index (χ2n) is 20.1. The molecule has 158 valence electrons. The lowest BCUT2D eigenvalue weighted by Crippen LogP contribution is -3.51. The van der Waals surface area contributed by atoms with Crippen molar-refractivity contribution < 1.29 is 0 Å². The van der Waals surface area contributed by atoms with Crippen molar-refractivity contribution in [1.29, 1.82) is 0 Å². The van der Waals surface area contributed by atoms with E-state index >= 15 is 0 Å². The van der Waals surface area contributed by atoms with Crippen LogP contribution in [-0.2, 0) is 0 Å². The Hall–Kier alpha value is 0.350. The molecule has 1 heteroatoms. The van der Waals surface area contributed by atoms with Gasteiger partial charge in [0.1, 0.15) is 0 Å². The van der Waals surface area contributed by atoms with Gasteiger partial charge in [-0.15, -0.1) is 0 Å². The Morgan fingerprint density at radius 3 is 1.64 bits per heavy atom. The van der Waals surface area contributed by atoms with E-state index in [-0.39, 0.29) is 0 Å². The molecule has 28 atom stereocenters. The zero-order valence-corrected chi connectivity index (χ0v) is 19.3. The maximum absolute atomic E-state index is 6.08. The summed E-state index contributed by atoms with van der Waals surface area (Å²) in [7, 11) is 0. The molecule has 21 rings (SSSR count). The van der Waals surface area contributed by atoms with Gasteiger partial charge in [0.25, 0.3) is 0 Å². The van der Waals surface area contributed by atoms with Gasteiger partial charge in [0.2, 0.25) is 0 Å². The highest BCUT2D eigenvalue weighted by Crippen LogP contribution is 3.53. The average Bonchev–Trinajstić information content (AvgIpc) is 2.67. The van der Waals surface area contributed by atoms with Crippen LogP contribution in [0.3, 0.4) is 0 Å². The fourth-order valence-electron chi connectivity index (χ4n) is 31.6. The van der Waals surface area contributed by atoms with Crippen molar-refractivity contribution in [3.63, 3.8) is 0 Å². The van der Waals surface area contributed by atoms with E-state index in [1.165, 1.54) is 82.9 Å². The van der Waals surface area contributed by atoms with Gasteiger partial charge in [-0.05, 0) is 174 Å². The number of hydrogen-bond donors (Lipinski definition) is 1. The summed E-state index contributed by atoms with van der Waals surface area (Å²) in [4.78, 5) is 0. The van der Waals surface area contributed by atoms with Crippen molar-refractivity contribution in [3.05, 3.63) is 0 Å². The average molecular weight is 441 g/mol. The molecule has 33 heavy (non-hydrogen) atoms. The van der Waals surface area contributed by atoms with Crippen molar-refractivity contribution in [2.45, 2.75) is 30.4 Å². The van der Waals surface area contributed by atoms with Gasteiger partial charge in [0.15, 0.2) is 0 Å². The Balaban J connectivity index is 1.04. The fourth-order valence-corrected chi connectivity index (χ4v) is 32.8. The van der Waals surface area contributed by atoms with E-state index in [0.717, 1.165) is 70.9 Å². The molecule has 0 aromatic carbocycles. The molecule has 0 radical (unpaired) electrons. The summed E-state index contributed by atoms with van der Waals surface area (Å²) in [5.74, 6) is 19.4.